The highest BCUT2D eigenvalue weighted by Crippen LogP contribution is 2.52. The summed E-state index contributed by atoms with van der Waals surface area (Å²) >= 11 is 0. The molecule has 0 amide bonds. The van der Waals surface area contributed by atoms with Crippen molar-refractivity contribution in [1.29, 1.82) is 0 Å². The second-order valence-electron chi connectivity index (χ2n) is 8.92. The third kappa shape index (κ3) is 4.09. The van der Waals surface area contributed by atoms with Gasteiger partial charge in [0.1, 0.15) is 8.24 Å². The SMILES string of the molecule is CC1C(C)C(C)C([Si](C)(C)N[Si](C)(C)Nc2ccccc2)C1C. The largest absolute Gasteiger partial charge is 0.399 e. The van der Waals surface area contributed by atoms with E-state index in [1.807, 2.05) is 0 Å². The van der Waals surface area contributed by atoms with Crippen LogP contribution in [0.3, 0.4) is 0 Å². The molecule has 1 aliphatic carbocycles. The van der Waals surface area contributed by atoms with E-state index in [0.29, 0.717) is 0 Å². The van der Waals surface area contributed by atoms with Crippen LogP contribution in [0.1, 0.15) is 27.7 Å². The molecule has 1 saturated carbocycles. The zero-order valence-electron chi connectivity index (χ0n) is 16.3. The van der Waals surface area contributed by atoms with Gasteiger partial charge in [-0.15, -0.1) is 0 Å². The Balaban J connectivity index is 2.13. The Morgan fingerprint density at radius 3 is 1.70 bits per heavy atom. The minimum atomic E-state index is -1.69. The van der Waals surface area contributed by atoms with Crippen LogP contribution < -0.4 is 9.63 Å². The summed E-state index contributed by atoms with van der Waals surface area (Å²) in [6.45, 7) is 19.8. The number of nitrogens with one attached hydrogen (secondary N) is 2. The summed E-state index contributed by atoms with van der Waals surface area (Å²) in [5.41, 5.74) is 2.10. The fraction of sp³-hybridized carbons (Fsp3) is 0.684. The van der Waals surface area contributed by atoms with Crippen molar-refractivity contribution in [3.63, 3.8) is 0 Å². The molecule has 0 aromatic heterocycles. The fourth-order valence-electron chi connectivity index (χ4n) is 5.21. The van der Waals surface area contributed by atoms with Gasteiger partial charge in [-0.25, -0.2) is 0 Å². The first kappa shape index (κ1) is 18.7. The van der Waals surface area contributed by atoms with Crippen LogP contribution in [0.25, 0.3) is 0 Å². The summed E-state index contributed by atoms with van der Waals surface area (Å²) < 4.78 is 4.19. The second-order valence-corrected chi connectivity index (χ2v) is 17.5. The molecule has 1 aromatic rings. The van der Waals surface area contributed by atoms with Crippen LogP contribution in [0.5, 0.6) is 0 Å². The summed E-state index contributed by atoms with van der Waals surface area (Å²) in [6, 6.07) is 10.7. The summed E-state index contributed by atoms with van der Waals surface area (Å²) in [4.78, 5) is 3.81. The molecule has 4 atom stereocenters. The van der Waals surface area contributed by atoms with Gasteiger partial charge in [0.2, 0.25) is 8.40 Å². The van der Waals surface area contributed by atoms with Crippen molar-refractivity contribution >= 4 is 22.3 Å². The van der Waals surface area contributed by atoms with Gasteiger partial charge in [0.05, 0.1) is 0 Å². The first-order chi connectivity index (χ1) is 10.6. The highest BCUT2D eigenvalue weighted by Gasteiger charge is 2.50. The molecule has 1 aliphatic rings. The Labute approximate surface area is 145 Å². The van der Waals surface area contributed by atoms with Gasteiger partial charge in [0.25, 0.3) is 0 Å². The summed E-state index contributed by atoms with van der Waals surface area (Å²) in [6.07, 6.45) is 0. The standard InChI is InChI=1S/C19H36N2Si2/c1-14-15(2)17(4)19(16(14)3)22(5,6)21-23(7,8)20-18-12-10-9-11-13-18/h9-17,19-21H,1-8H3. The molecular weight excluding hydrogens is 312 g/mol. The van der Waals surface area contributed by atoms with Gasteiger partial charge in [-0.2, -0.15) is 0 Å². The highest BCUT2D eigenvalue weighted by atomic mass is 28.4. The van der Waals surface area contributed by atoms with E-state index in [4.69, 9.17) is 0 Å². The lowest BCUT2D eigenvalue weighted by molar-refractivity contribution is 0.352. The van der Waals surface area contributed by atoms with Gasteiger partial charge in [-0.1, -0.05) is 59.0 Å². The lowest BCUT2D eigenvalue weighted by atomic mass is 9.92. The molecular formula is C19H36N2Si2. The molecule has 4 unspecified atom stereocenters. The van der Waals surface area contributed by atoms with E-state index < -0.39 is 16.6 Å². The average molecular weight is 349 g/mol. The molecule has 0 saturated heterocycles. The normalized spacial score (nSPS) is 32.1. The number of rotatable bonds is 5. The molecule has 2 nitrogen and oxygen atoms in total. The zero-order valence-corrected chi connectivity index (χ0v) is 18.3. The molecule has 1 fully saturated rings. The molecule has 0 heterocycles. The summed E-state index contributed by atoms with van der Waals surface area (Å²) in [5.74, 6) is 3.34. The Hall–Kier alpha value is -0.586. The van der Waals surface area contributed by atoms with Crippen molar-refractivity contribution in [3.05, 3.63) is 30.3 Å². The topological polar surface area (TPSA) is 24.1 Å². The van der Waals surface area contributed by atoms with Crippen LogP contribution in [0.2, 0.25) is 31.7 Å². The molecule has 0 aliphatic heterocycles. The van der Waals surface area contributed by atoms with Crippen LogP contribution in [0, 0.1) is 23.7 Å². The zero-order chi connectivity index (χ0) is 17.4. The van der Waals surface area contributed by atoms with Gasteiger partial charge in [-0.05, 0) is 54.4 Å². The van der Waals surface area contributed by atoms with E-state index in [1.165, 1.54) is 5.69 Å². The van der Waals surface area contributed by atoms with E-state index in [2.05, 4.69) is 93.8 Å². The summed E-state index contributed by atoms with van der Waals surface area (Å²) in [5, 5.41) is 0. The van der Waals surface area contributed by atoms with E-state index in [-0.39, 0.29) is 0 Å². The first-order valence-corrected chi connectivity index (χ1v) is 15.3. The Morgan fingerprint density at radius 1 is 0.739 bits per heavy atom. The average Bonchev–Trinajstić information content (AvgIpc) is 2.62. The minimum Gasteiger partial charge on any atom is -0.399 e. The van der Waals surface area contributed by atoms with Crippen molar-refractivity contribution in [2.24, 2.45) is 23.7 Å². The predicted octanol–water partition coefficient (Wildman–Crippen LogP) is 5.52. The van der Waals surface area contributed by atoms with Crippen LogP contribution in [-0.2, 0) is 0 Å². The quantitative estimate of drug-likeness (QED) is 0.684. The maximum Gasteiger partial charge on any atom is 0.217 e. The van der Waals surface area contributed by atoms with Gasteiger partial charge in [-0.3, -0.25) is 0 Å². The highest BCUT2D eigenvalue weighted by molar-refractivity contribution is 6.93. The van der Waals surface area contributed by atoms with Gasteiger partial charge < -0.3 is 9.63 Å². The Kier molecular flexibility index (Phi) is 5.49. The van der Waals surface area contributed by atoms with Gasteiger partial charge in [0, 0.05) is 5.69 Å². The molecule has 0 bridgehead atoms. The Morgan fingerprint density at radius 2 is 1.22 bits per heavy atom. The molecule has 4 heteroatoms. The minimum absolute atomic E-state index is 0.829. The van der Waals surface area contributed by atoms with Crippen molar-refractivity contribution in [1.82, 2.24) is 4.65 Å². The number of anilines is 1. The van der Waals surface area contributed by atoms with Crippen LogP contribution in [0.15, 0.2) is 30.3 Å². The van der Waals surface area contributed by atoms with Crippen LogP contribution in [-0.4, -0.2) is 16.6 Å². The lowest BCUT2D eigenvalue weighted by Crippen LogP contribution is -2.66. The Bertz CT molecular complexity index is 501. The number of benzene rings is 1. The third-order valence-corrected chi connectivity index (χ3v) is 15.0. The van der Waals surface area contributed by atoms with E-state index in [0.717, 1.165) is 29.2 Å². The molecule has 0 radical (unpaired) electrons. The van der Waals surface area contributed by atoms with Gasteiger partial charge in [0.15, 0.2) is 0 Å². The van der Waals surface area contributed by atoms with Crippen molar-refractivity contribution in [2.75, 3.05) is 4.98 Å². The van der Waals surface area contributed by atoms with Crippen molar-refractivity contribution in [2.45, 2.75) is 59.4 Å². The number of hydrogen-bond donors (Lipinski definition) is 2. The molecule has 0 spiro atoms. The first-order valence-electron chi connectivity index (χ1n) is 9.18. The van der Waals surface area contributed by atoms with E-state index >= 15 is 0 Å². The molecule has 2 rings (SSSR count). The smallest absolute Gasteiger partial charge is 0.217 e. The number of hydrogen-bond acceptors (Lipinski definition) is 2. The van der Waals surface area contributed by atoms with E-state index in [1.54, 1.807) is 0 Å². The monoisotopic (exact) mass is 348 g/mol. The van der Waals surface area contributed by atoms with Crippen molar-refractivity contribution in [3.8, 4) is 0 Å². The van der Waals surface area contributed by atoms with Crippen LogP contribution >= 0.6 is 0 Å². The van der Waals surface area contributed by atoms with E-state index in [9.17, 15) is 0 Å². The third-order valence-electron chi connectivity index (χ3n) is 6.32. The number of para-hydroxylation sites is 1. The van der Waals surface area contributed by atoms with Crippen LogP contribution in [0.4, 0.5) is 5.69 Å². The summed E-state index contributed by atoms with van der Waals surface area (Å²) in [7, 11) is -3.21. The fourth-order valence-corrected chi connectivity index (χ4v) is 16.7. The second kappa shape index (κ2) is 6.73. The molecule has 130 valence electrons. The predicted molar refractivity (Wildman–Crippen MR) is 109 cm³/mol. The lowest BCUT2D eigenvalue weighted by Gasteiger charge is -2.42. The maximum absolute atomic E-state index is 4.19. The molecule has 23 heavy (non-hydrogen) atoms. The molecule has 2 N–H and O–H groups in total. The molecule has 1 aromatic carbocycles. The maximum atomic E-state index is 4.19. The van der Waals surface area contributed by atoms with Crippen molar-refractivity contribution < 1.29 is 0 Å². The van der Waals surface area contributed by atoms with Gasteiger partial charge >= 0.3 is 0 Å².